The van der Waals surface area contributed by atoms with Crippen molar-refractivity contribution in [1.29, 1.82) is 0 Å². The summed E-state index contributed by atoms with van der Waals surface area (Å²) in [5, 5.41) is 11.0. The molecule has 16 heavy (non-hydrogen) atoms. The van der Waals surface area contributed by atoms with Gasteiger partial charge in [-0.05, 0) is 25.7 Å². The number of piperidine rings is 1. The second-order valence-corrected chi connectivity index (χ2v) is 4.57. The summed E-state index contributed by atoms with van der Waals surface area (Å²) in [5.41, 5.74) is 3.34. The van der Waals surface area contributed by atoms with Gasteiger partial charge in [-0.2, -0.15) is 0 Å². The molecule has 0 bridgehead atoms. The second kappa shape index (κ2) is 5.61. The molecule has 0 aliphatic carbocycles. The van der Waals surface area contributed by atoms with Crippen LogP contribution in [0.1, 0.15) is 32.1 Å². The molecule has 5 nitrogen and oxygen atoms in total. The predicted molar refractivity (Wildman–Crippen MR) is 59.0 cm³/mol. The molecule has 5 heteroatoms. The molecule has 2 aliphatic rings. The molecule has 0 aromatic heterocycles. The third-order valence-electron chi connectivity index (χ3n) is 3.28. The zero-order valence-corrected chi connectivity index (χ0v) is 9.52. The Morgan fingerprint density at radius 3 is 2.69 bits per heavy atom. The van der Waals surface area contributed by atoms with Gasteiger partial charge in [0.05, 0.1) is 6.10 Å². The SMILES string of the molecule is O=C(O)C1CCC(CNN2CCCCC2)O1. The smallest absolute Gasteiger partial charge is 0.332 e. The molecule has 0 aromatic carbocycles. The number of nitrogens with zero attached hydrogens (tertiary/aromatic N) is 1. The topological polar surface area (TPSA) is 61.8 Å². The highest BCUT2D eigenvalue weighted by Crippen LogP contribution is 2.19. The molecular formula is C11H20N2O3. The maximum absolute atomic E-state index is 10.7. The Balaban J connectivity index is 1.65. The van der Waals surface area contributed by atoms with E-state index < -0.39 is 12.1 Å². The Labute approximate surface area is 95.7 Å². The largest absolute Gasteiger partial charge is 0.479 e. The standard InChI is InChI=1S/C11H20N2O3/c14-11(15)10-5-4-9(16-10)8-12-13-6-2-1-3-7-13/h9-10,12H,1-8H2,(H,14,15). The number of ether oxygens (including phenoxy) is 1. The van der Waals surface area contributed by atoms with E-state index in [0.29, 0.717) is 6.42 Å². The lowest BCUT2D eigenvalue weighted by atomic mass is 10.1. The molecule has 0 radical (unpaired) electrons. The van der Waals surface area contributed by atoms with Crippen LogP contribution >= 0.6 is 0 Å². The molecule has 0 saturated carbocycles. The van der Waals surface area contributed by atoms with E-state index in [9.17, 15) is 4.79 Å². The molecule has 2 saturated heterocycles. The zero-order valence-electron chi connectivity index (χ0n) is 9.52. The van der Waals surface area contributed by atoms with Gasteiger partial charge in [0, 0.05) is 19.6 Å². The average Bonchev–Trinajstić information content (AvgIpc) is 2.76. The van der Waals surface area contributed by atoms with Crippen LogP contribution in [0.4, 0.5) is 0 Å². The molecule has 92 valence electrons. The van der Waals surface area contributed by atoms with Crippen LogP contribution in [0.3, 0.4) is 0 Å². The molecule has 2 N–H and O–H groups in total. The summed E-state index contributed by atoms with van der Waals surface area (Å²) in [6, 6.07) is 0. The van der Waals surface area contributed by atoms with Crippen LogP contribution in [-0.4, -0.2) is 47.9 Å². The minimum Gasteiger partial charge on any atom is -0.479 e. The van der Waals surface area contributed by atoms with Crippen molar-refractivity contribution in [3.05, 3.63) is 0 Å². The van der Waals surface area contributed by atoms with Gasteiger partial charge in [-0.25, -0.2) is 9.80 Å². The number of aliphatic carboxylic acids is 1. The van der Waals surface area contributed by atoms with Gasteiger partial charge in [0.25, 0.3) is 0 Å². The Kier molecular flexibility index (Phi) is 4.15. The Morgan fingerprint density at radius 2 is 2.06 bits per heavy atom. The molecule has 0 amide bonds. The van der Waals surface area contributed by atoms with E-state index in [1.54, 1.807) is 0 Å². The fourth-order valence-corrected chi connectivity index (χ4v) is 2.32. The van der Waals surface area contributed by atoms with Crippen molar-refractivity contribution >= 4 is 5.97 Å². The summed E-state index contributed by atoms with van der Waals surface area (Å²) < 4.78 is 5.43. The van der Waals surface area contributed by atoms with E-state index in [1.165, 1.54) is 19.3 Å². The molecule has 0 spiro atoms. The second-order valence-electron chi connectivity index (χ2n) is 4.57. The lowest BCUT2D eigenvalue weighted by molar-refractivity contribution is -0.149. The predicted octanol–water partition coefficient (Wildman–Crippen LogP) is 0.609. The third-order valence-corrected chi connectivity index (χ3v) is 3.28. The van der Waals surface area contributed by atoms with E-state index in [4.69, 9.17) is 9.84 Å². The number of carboxylic acid groups (broad SMARTS) is 1. The Hall–Kier alpha value is -0.650. The fraction of sp³-hybridized carbons (Fsp3) is 0.909. The van der Waals surface area contributed by atoms with Crippen LogP contribution < -0.4 is 5.43 Å². The van der Waals surface area contributed by atoms with Gasteiger partial charge in [0.15, 0.2) is 6.10 Å². The fourth-order valence-electron chi connectivity index (χ4n) is 2.32. The summed E-state index contributed by atoms with van der Waals surface area (Å²) in [5.74, 6) is -0.833. The number of carbonyl (C=O) groups is 1. The summed E-state index contributed by atoms with van der Waals surface area (Å²) in [7, 11) is 0. The van der Waals surface area contributed by atoms with Crippen molar-refractivity contribution in [3.63, 3.8) is 0 Å². The van der Waals surface area contributed by atoms with Gasteiger partial charge in [-0.3, -0.25) is 5.43 Å². The molecule has 2 fully saturated rings. The first-order valence-corrected chi connectivity index (χ1v) is 6.12. The maximum Gasteiger partial charge on any atom is 0.332 e. The van der Waals surface area contributed by atoms with E-state index in [2.05, 4.69) is 10.4 Å². The van der Waals surface area contributed by atoms with Gasteiger partial charge in [0.1, 0.15) is 0 Å². The molecule has 2 unspecified atom stereocenters. The Morgan fingerprint density at radius 1 is 1.31 bits per heavy atom. The number of hydrazine groups is 1. The first kappa shape index (κ1) is 11.8. The first-order chi connectivity index (χ1) is 7.75. The van der Waals surface area contributed by atoms with Gasteiger partial charge >= 0.3 is 5.97 Å². The lowest BCUT2D eigenvalue weighted by Crippen LogP contribution is -2.45. The summed E-state index contributed by atoms with van der Waals surface area (Å²) >= 11 is 0. The van der Waals surface area contributed by atoms with Crippen LogP contribution in [0.5, 0.6) is 0 Å². The minimum atomic E-state index is -0.833. The summed E-state index contributed by atoms with van der Waals surface area (Å²) in [4.78, 5) is 10.7. The average molecular weight is 228 g/mol. The van der Waals surface area contributed by atoms with Gasteiger partial charge in [0.2, 0.25) is 0 Å². The van der Waals surface area contributed by atoms with Crippen molar-refractivity contribution in [3.8, 4) is 0 Å². The summed E-state index contributed by atoms with van der Waals surface area (Å²) in [6.07, 6.45) is 4.77. The molecule has 2 atom stereocenters. The summed E-state index contributed by atoms with van der Waals surface area (Å²) in [6.45, 7) is 2.92. The first-order valence-electron chi connectivity index (χ1n) is 6.12. The number of rotatable bonds is 4. The van der Waals surface area contributed by atoms with Crippen LogP contribution in [0, 0.1) is 0 Å². The highest BCUT2D eigenvalue weighted by atomic mass is 16.5. The van der Waals surface area contributed by atoms with E-state index in [-0.39, 0.29) is 6.10 Å². The van der Waals surface area contributed by atoms with Gasteiger partial charge in [-0.1, -0.05) is 6.42 Å². The number of hydrogen-bond acceptors (Lipinski definition) is 4. The lowest BCUT2D eigenvalue weighted by Gasteiger charge is -2.28. The van der Waals surface area contributed by atoms with Crippen molar-refractivity contribution in [2.24, 2.45) is 0 Å². The molecule has 2 aliphatic heterocycles. The molecule has 0 aromatic rings. The van der Waals surface area contributed by atoms with E-state index in [1.807, 2.05) is 0 Å². The molecule has 2 rings (SSSR count). The number of hydrogen-bond donors (Lipinski definition) is 2. The van der Waals surface area contributed by atoms with Crippen LogP contribution in [0.15, 0.2) is 0 Å². The highest BCUT2D eigenvalue weighted by molar-refractivity contribution is 5.72. The number of carboxylic acids is 1. The monoisotopic (exact) mass is 228 g/mol. The Bertz CT molecular complexity index is 241. The van der Waals surface area contributed by atoms with Gasteiger partial charge in [-0.15, -0.1) is 0 Å². The third kappa shape index (κ3) is 3.17. The normalized spacial score (nSPS) is 31.8. The van der Waals surface area contributed by atoms with Crippen molar-refractivity contribution in [2.45, 2.75) is 44.3 Å². The van der Waals surface area contributed by atoms with Crippen molar-refractivity contribution < 1.29 is 14.6 Å². The van der Waals surface area contributed by atoms with E-state index >= 15 is 0 Å². The van der Waals surface area contributed by atoms with Gasteiger partial charge < -0.3 is 9.84 Å². The van der Waals surface area contributed by atoms with Crippen LogP contribution in [-0.2, 0) is 9.53 Å². The highest BCUT2D eigenvalue weighted by Gasteiger charge is 2.30. The molecule has 2 heterocycles. The quantitative estimate of drug-likeness (QED) is 0.738. The maximum atomic E-state index is 10.7. The number of nitrogens with one attached hydrogen (secondary N) is 1. The molecular weight excluding hydrogens is 208 g/mol. The van der Waals surface area contributed by atoms with E-state index in [0.717, 1.165) is 26.1 Å². The van der Waals surface area contributed by atoms with Crippen LogP contribution in [0.2, 0.25) is 0 Å². The minimum absolute atomic E-state index is 0.0584. The van der Waals surface area contributed by atoms with Crippen LogP contribution in [0.25, 0.3) is 0 Å². The van der Waals surface area contributed by atoms with Crippen molar-refractivity contribution in [1.82, 2.24) is 10.4 Å². The zero-order chi connectivity index (χ0) is 11.4. The van der Waals surface area contributed by atoms with Crippen molar-refractivity contribution in [2.75, 3.05) is 19.6 Å².